The molecule has 3 aromatic heterocycles. The van der Waals surface area contributed by atoms with Gasteiger partial charge in [0.15, 0.2) is 0 Å². The first-order valence-corrected chi connectivity index (χ1v) is 16.6. The topological polar surface area (TPSA) is 183 Å². The summed E-state index contributed by atoms with van der Waals surface area (Å²) in [6.45, 7) is 6.04. The van der Waals surface area contributed by atoms with Gasteiger partial charge in [0.1, 0.15) is 0 Å². The number of nitro groups is 3. The zero-order valence-electron chi connectivity index (χ0n) is 29.1. The van der Waals surface area contributed by atoms with Crippen molar-refractivity contribution >= 4 is 39.7 Å². The van der Waals surface area contributed by atoms with Gasteiger partial charge in [-0.2, -0.15) is 15.3 Å². The van der Waals surface area contributed by atoms with Gasteiger partial charge >= 0.3 is 0 Å². The first-order valence-electron chi connectivity index (χ1n) is 15.5. The fourth-order valence-electron chi connectivity index (χ4n) is 4.97. The zero-order valence-corrected chi connectivity index (χ0v) is 31.2. The highest BCUT2D eigenvalue weighted by Gasteiger charge is 2.21. The lowest BCUT2D eigenvalue weighted by Gasteiger charge is -2.07. The number of benzene rings is 3. The van der Waals surface area contributed by atoms with Crippen LogP contribution in [0.2, 0.25) is 0 Å². The number of hydrogen-bond donors (Lipinski definition) is 0. The van der Waals surface area contributed by atoms with Crippen molar-refractivity contribution in [3.8, 4) is 45.6 Å². The molecular formula is C39H46IN9O6. The second kappa shape index (κ2) is 20.3. The number of aryl methyl sites for hydroxylation is 3. The fraction of sp³-hybridized carbons (Fsp3) is 0.256. The van der Waals surface area contributed by atoms with Gasteiger partial charge in [0.25, 0.3) is 17.1 Å². The molecule has 55 heavy (non-hydrogen) atoms. The highest BCUT2D eigenvalue weighted by atomic mass is 127. The smallest absolute Gasteiger partial charge is 0.268 e. The Balaban J connectivity index is 0.000000408. The first kappa shape index (κ1) is 46.8. The van der Waals surface area contributed by atoms with Gasteiger partial charge in [-0.3, -0.25) is 44.4 Å². The molecule has 15 nitrogen and oxygen atoms in total. The van der Waals surface area contributed by atoms with Crippen molar-refractivity contribution in [1.82, 2.24) is 29.3 Å². The molecule has 0 saturated carbocycles. The molecule has 290 valence electrons. The van der Waals surface area contributed by atoms with E-state index in [9.17, 15) is 30.3 Å². The van der Waals surface area contributed by atoms with Crippen LogP contribution in [0.4, 0.5) is 17.1 Å². The highest BCUT2D eigenvalue weighted by molar-refractivity contribution is 14.1. The van der Waals surface area contributed by atoms with Crippen LogP contribution in [-0.4, -0.2) is 44.1 Å². The minimum absolute atomic E-state index is 0. The molecule has 0 unspecified atom stereocenters. The molecule has 0 spiro atoms. The van der Waals surface area contributed by atoms with Crippen LogP contribution in [0.1, 0.15) is 48.6 Å². The average molecular weight is 864 g/mol. The minimum Gasteiger partial charge on any atom is -0.268 e. The van der Waals surface area contributed by atoms with E-state index in [1.54, 1.807) is 114 Å². The Morgan fingerprint density at radius 1 is 0.600 bits per heavy atom. The molecule has 6 rings (SSSR count). The lowest BCUT2D eigenvalue weighted by atomic mass is 9.97. The van der Waals surface area contributed by atoms with Crippen LogP contribution in [0.25, 0.3) is 33.8 Å². The van der Waals surface area contributed by atoms with Crippen molar-refractivity contribution in [2.24, 2.45) is 26.6 Å². The van der Waals surface area contributed by atoms with Crippen LogP contribution in [0.3, 0.4) is 0 Å². The highest BCUT2D eigenvalue weighted by Crippen LogP contribution is 2.33. The van der Waals surface area contributed by atoms with E-state index in [-0.39, 0.29) is 59.5 Å². The molecule has 16 heteroatoms. The summed E-state index contributed by atoms with van der Waals surface area (Å²) < 4.78 is 5.77. The molecule has 0 fully saturated rings. The SMILES string of the molecule is C.C.C.Cn1ncc(C#CC(C)(C)C)c1-c1ccccc1[N+](=O)[O-].Cn1ncc(I)c1-c1ccccc1[N+](=O)[O-].Cn1nccc1-c1ccccc1[N+](=O)[O-]. The summed E-state index contributed by atoms with van der Waals surface area (Å²) in [7, 11) is 5.29. The number of halogens is 1. The van der Waals surface area contributed by atoms with Crippen LogP contribution in [0.5, 0.6) is 0 Å². The number of para-hydroxylation sites is 3. The Morgan fingerprint density at radius 3 is 1.44 bits per heavy atom. The van der Waals surface area contributed by atoms with Crippen molar-refractivity contribution in [2.75, 3.05) is 0 Å². The van der Waals surface area contributed by atoms with Crippen LogP contribution in [0.15, 0.2) is 97.5 Å². The van der Waals surface area contributed by atoms with E-state index in [4.69, 9.17) is 0 Å². The van der Waals surface area contributed by atoms with Gasteiger partial charge < -0.3 is 0 Å². The molecule has 0 aliphatic heterocycles. The Hall–Kier alpha value is -6.22. The third-order valence-corrected chi connectivity index (χ3v) is 8.10. The largest absolute Gasteiger partial charge is 0.278 e. The van der Waals surface area contributed by atoms with E-state index in [0.717, 1.165) is 15.0 Å². The molecule has 0 amide bonds. The van der Waals surface area contributed by atoms with Crippen molar-refractivity contribution in [3.05, 3.63) is 137 Å². The third kappa shape index (κ3) is 11.6. The zero-order chi connectivity index (χ0) is 38.2. The summed E-state index contributed by atoms with van der Waals surface area (Å²) in [6.07, 6.45) is 4.95. The maximum atomic E-state index is 11.2. The lowest BCUT2D eigenvalue weighted by molar-refractivity contribution is -0.384. The van der Waals surface area contributed by atoms with E-state index in [2.05, 4.69) is 49.7 Å². The molecule has 6 aromatic rings. The maximum Gasteiger partial charge on any atom is 0.278 e. The van der Waals surface area contributed by atoms with Gasteiger partial charge in [-0.1, -0.05) is 70.5 Å². The minimum atomic E-state index is -0.387. The number of nitrogens with zero attached hydrogens (tertiary/aromatic N) is 9. The van der Waals surface area contributed by atoms with Crippen LogP contribution in [-0.2, 0) is 21.1 Å². The standard InChI is InChI=1S/C16H17N3O2.C10H8IN3O2.C10H9N3O2.3CH4/c1-16(2,3)10-9-12-11-17-18(4)15(12)13-7-5-6-8-14(13)19(20)21;1-13-10(8(11)6-12-13)7-4-2-3-5-9(7)14(15)16;1-12-9(6-7-11-12)8-4-2-3-5-10(8)13(14)15;;;/h5-8,11H,1-4H3;2-6H,1H3;2-7H,1H3;3*1H4. The summed E-state index contributed by atoms with van der Waals surface area (Å²) in [6, 6.07) is 21.7. The Bertz CT molecular complexity index is 2290. The van der Waals surface area contributed by atoms with Gasteiger partial charge in [0.05, 0.1) is 70.1 Å². The summed E-state index contributed by atoms with van der Waals surface area (Å²) >= 11 is 2.12. The number of nitro benzene ring substituents is 3. The molecule has 0 N–H and O–H groups in total. The molecule has 0 atom stereocenters. The predicted molar refractivity (Wildman–Crippen MR) is 225 cm³/mol. The first-order chi connectivity index (χ1) is 24.6. The summed E-state index contributed by atoms with van der Waals surface area (Å²) in [5.74, 6) is 6.22. The average Bonchev–Trinajstić information content (AvgIpc) is 3.80. The predicted octanol–water partition coefficient (Wildman–Crippen LogP) is 9.90. The molecular weight excluding hydrogens is 817 g/mol. The van der Waals surface area contributed by atoms with Crippen LogP contribution >= 0.6 is 22.6 Å². The van der Waals surface area contributed by atoms with E-state index in [1.165, 1.54) is 18.2 Å². The van der Waals surface area contributed by atoms with E-state index < -0.39 is 0 Å². The van der Waals surface area contributed by atoms with Gasteiger partial charge in [0.2, 0.25) is 0 Å². The second-order valence-corrected chi connectivity index (χ2v) is 13.3. The van der Waals surface area contributed by atoms with Gasteiger partial charge in [-0.05, 0) is 67.6 Å². The Labute approximate surface area is 334 Å². The maximum absolute atomic E-state index is 11.2. The molecule has 3 aromatic carbocycles. The molecule has 0 bridgehead atoms. The number of rotatable bonds is 6. The van der Waals surface area contributed by atoms with Gasteiger partial charge in [-0.15, -0.1) is 0 Å². The van der Waals surface area contributed by atoms with Crippen molar-refractivity contribution < 1.29 is 14.8 Å². The van der Waals surface area contributed by atoms with Crippen molar-refractivity contribution in [2.45, 2.75) is 43.1 Å². The van der Waals surface area contributed by atoms with E-state index >= 15 is 0 Å². The summed E-state index contributed by atoms with van der Waals surface area (Å²) in [5, 5.41) is 45.2. The van der Waals surface area contributed by atoms with E-state index in [1.807, 2.05) is 20.8 Å². The summed E-state index contributed by atoms with van der Waals surface area (Å²) in [5.41, 5.74) is 4.69. The van der Waals surface area contributed by atoms with Crippen molar-refractivity contribution in [1.29, 1.82) is 0 Å². The second-order valence-electron chi connectivity index (χ2n) is 12.2. The Kier molecular flexibility index (Phi) is 17.3. The number of aromatic nitrogens is 6. The molecule has 0 radical (unpaired) electrons. The van der Waals surface area contributed by atoms with Gasteiger partial charge in [-0.25, -0.2) is 0 Å². The van der Waals surface area contributed by atoms with Gasteiger partial charge in [0, 0.05) is 51.0 Å². The molecule has 0 saturated heterocycles. The normalized spacial score (nSPS) is 9.95. The lowest BCUT2D eigenvalue weighted by Crippen LogP contribution is -2.00. The number of hydrogen-bond acceptors (Lipinski definition) is 9. The van der Waals surface area contributed by atoms with Crippen LogP contribution in [0, 0.1) is 51.2 Å². The third-order valence-electron chi connectivity index (χ3n) is 7.31. The quantitative estimate of drug-likeness (QED) is 0.0681. The van der Waals surface area contributed by atoms with E-state index in [0.29, 0.717) is 27.9 Å². The molecule has 0 aliphatic carbocycles. The molecule has 3 heterocycles. The molecule has 0 aliphatic rings. The summed E-state index contributed by atoms with van der Waals surface area (Å²) in [4.78, 5) is 31.8. The van der Waals surface area contributed by atoms with Crippen molar-refractivity contribution in [3.63, 3.8) is 0 Å². The fourth-order valence-corrected chi connectivity index (χ4v) is 5.73. The monoisotopic (exact) mass is 863 g/mol. The van der Waals surface area contributed by atoms with Crippen LogP contribution < -0.4 is 0 Å². The Morgan fingerprint density at radius 2 is 1.02 bits per heavy atom.